The molecule has 7 heteroatoms. The number of rotatable bonds is 5. The maximum absolute atomic E-state index is 10.9. The Hall–Kier alpha value is -1.62. The maximum atomic E-state index is 10.9. The average Bonchev–Trinajstić information content (AvgIpc) is 2.44. The summed E-state index contributed by atoms with van der Waals surface area (Å²) in [6, 6.07) is 8.12. The summed E-state index contributed by atoms with van der Waals surface area (Å²) in [5.41, 5.74) is 1.61. The molecule has 0 radical (unpaired) electrons. The van der Waals surface area contributed by atoms with Crippen molar-refractivity contribution < 1.29 is 14.6 Å². The summed E-state index contributed by atoms with van der Waals surface area (Å²) in [4.78, 5) is 10.9. The number of carbonyl (C=O) groups is 1. The first-order valence-corrected chi connectivity index (χ1v) is 7.34. The van der Waals surface area contributed by atoms with Crippen molar-refractivity contribution in [1.29, 1.82) is 0 Å². The number of nitrogens with one attached hydrogen (secondary N) is 1. The topological polar surface area (TPSA) is 58.6 Å². The quantitative estimate of drug-likeness (QED) is 0.790. The van der Waals surface area contributed by atoms with Crippen molar-refractivity contribution in [1.82, 2.24) is 0 Å². The number of carboxylic acids is 1. The zero-order chi connectivity index (χ0) is 16.3. The molecule has 0 atom stereocenters. The van der Waals surface area contributed by atoms with Crippen molar-refractivity contribution in [3.05, 3.63) is 56.5 Å². The molecule has 0 bridgehead atoms. The van der Waals surface area contributed by atoms with Gasteiger partial charge < -0.3 is 15.2 Å². The Morgan fingerprint density at radius 3 is 2.27 bits per heavy atom. The molecule has 2 rings (SSSR count). The Balaban J connectivity index is 2.13. The number of ether oxygens (including phenoxy) is 1. The van der Waals surface area contributed by atoms with Crippen molar-refractivity contribution in [2.45, 2.75) is 6.54 Å². The van der Waals surface area contributed by atoms with Crippen LogP contribution in [0.4, 0.5) is 5.69 Å². The molecule has 0 aliphatic carbocycles. The van der Waals surface area contributed by atoms with E-state index >= 15 is 0 Å². The molecule has 0 spiro atoms. The largest absolute Gasteiger partial charge is 0.494 e. The smallest absolute Gasteiger partial charge is 0.337 e. The highest BCUT2D eigenvalue weighted by Crippen LogP contribution is 2.34. The van der Waals surface area contributed by atoms with Gasteiger partial charge in [0.25, 0.3) is 0 Å². The summed E-state index contributed by atoms with van der Waals surface area (Å²) in [5.74, 6) is -0.633. The molecular weight excluding hydrogens is 349 g/mol. The van der Waals surface area contributed by atoms with E-state index in [9.17, 15) is 4.79 Å². The van der Waals surface area contributed by atoms with Crippen LogP contribution in [0.2, 0.25) is 15.1 Å². The number of halogens is 3. The van der Waals surface area contributed by atoms with Gasteiger partial charge in [0, 0.05) is 12.2 Å². The number of carboxylic acid groups (broad SMARTS) is 1. The SMILES string of the molecule is COc1c(Cl)cc(CNc2ccc(C(=O)O)c(Cl)c2)cc1Cl. The Kier molecular flexibility index (Phi) is 5.40. The third kappa shape index (κ3) is 3.77. The van der Waals surface area contributed by atoms with E-state index in [2.05, 4.69) is 5.32 Å². The number of benzene rings is 2. The molecule has 2 aromatic carbocycles. The standard InChI is InChI=1S/C15H12Cl3NO3/c1-22-14-12(17)4-8(5-13(14)18)7-19-9-2-3-10(15(20)21)11(16)6-9/h2-6,19H,7H2,1H3,(H,20,21). The van der Waals surface area contributed by atoms with Crippen LogP contribution in [0.5, 0.6) is 5.75 Å². The van der Waals surface area contributed by atoms with Gasteiger partial charge in [-0.25, -0.2) is 4.79 Å². The molecule has 4 nitrogen and oxygen atoms in total. The van der Waals surface area contributed by atoms with Crippen LogP contribution in [0.25, 0.3) is 0 Å². The second-order valence-electron chi connectivity index (χ2n) is 4.45. The number of hydrogen-bond acceptors (Lipinski definition) is 3. The Morgan fingerprint density at radius 2 is 1.77 bits per heavy atom. The van der Waals surface area contributed by atoms with Crippen molar-refractivity contribution in [2.24, 2.45) is 0 Å². The first-order valence-electron chi connectivity index (χ1n) is 6.21. The van der Waals surface area contributed by atoms with Gasteiger partial charge in [0.2, 0.25) is 0 Å². The van der Waals surface area contributed by atoms with Crippen LogP contribution in [0.15, 0.2) is 30.3 Å². The zero-order valence-corrected chi connectivity index (χ0v) is 13.8. The highest BCUT2D eigenvalue weighted by molar-refractivity contribution is 6.37. The normalized spacial score (nSPS) is 10.4. The Labute approximate surface area is 142 Å². The molecule has 2 N–H and O–H groups in total. The van der Waals surface area contributed by atoms with E-state index in [-0.39, 0.29) is 10.6 Å². The lowest BCUT2D eigenvalue weighted by molar-refractivity contribution is 0.0697. The molecule has 0 saturated heterocycles. The van der Waals surface area contributed by atoms with Gasteiger partial charge in [-0.1, -0.05) is 34.8 Å². The monoisotopic (exact) mass is 359 g/mol. The van der Waals surface area contributed by atoms with Crippen molar-refractivity contribution >= 4 is 46.5 Å². The summed E-state index contributed by atoms with van der Waals surface area (Å²) in [6.07, 6.45) is 0. The molecule has 2 aromatic rings. The fourth-order valence-electron chi connectivity index (χ4n) is 1.91. The van der Waals surface area contributed by atoms with Crippen molar-refractivity contribution in [2.75, 3.05) is 12.4 Å². The lowest BCUT2D eigenvalue weighted by Crippen LogP contribution is -2.02. The number of methoxy groups -OCH3 is 1. The fraction of sp³-hybridized carbons (Fsp3) is 0.133. The van der Waals surface area contributed by atoms with Gasteiger partial charge in [-0.15, -0.1) is 0 Å². The van der Waals surface area contributed by atoms with Gasteiger partial charge in [-0.3, -0.25) is 0 Å². The molecule has 0 amide bonds. The van der Waals surface area contributed by atoms with Crippen LogP contribution in [0, 0.1) is 0 Å². The van der Waals surface area contributed by atoms with E-state index in [0.717, 1.165) is 5.56 Å². The lowest BCUT2D eigenvalue weighted by atomic mass is 10.2. The molecule has 22 heavy (non-hydrogen) atoms. The number of anilines is 1. The Morgan fingerprint density at radius 1 is 1.14 bits per heavy atom. The summed E-state index contributed by atoms with van der Waals surface area (Å²) >= 11 is 18.1. The van der Waals surface area contributed by atoms with Crippen LogP contribution in [-0.4, -0.2) is 18.2 Å². The minimum atomic E-state index is -1.06. The minimum absolute atomic E-state index is 0.0581. The van der Waals surface area contributed by atoms with Crippen LogP contribution < -0.4 is 10.1 Å². The number of hydrogen-bond donors (Lipinski definition) is 2. The van der Waals surface area contributed by atoms with Gasteiger partial charge in [-0.2, -0.15) is 0 Å². The molecule has 0 aliphatic heterocycles. The zero-order valence-electron chi connectivity index (χ0n) is 11.5. The molecule has 0 aromatic heterocycles. The second-order valence-corrected chi connectivity index (χ2v) is 5.67. The molecule has 116 valence electrons. The summed E-state index contributed by atoms with van der Waals surface area (Å²) in [5, 5.41) is 13.1. The summed E-state index contributed by atoms with van der Waals surface area (Å²) < 4.78 is 5.09. The van der Waals surface area contributed by atoms with Gasteiger partial charge in [-0.05, 0) is 35.9 Å². The molecule has 0 fully saturated rings. The van der Waals surface area contributed by atoms with Crippen LogP contribution in [-0.2, 0) is 6.54 Å². The van der Waals surface area contributed by atoms with Crippen LogP contribution in [0.1, 0.15) is 15.9 Å². The molecule has 0 saturated carbocycles. The summed E-state index contributed by atoms with van der Waals surface area (Å²) in [7, 11) is 1.50. The molecule has 0 unspecified atom stereocenters. The first-order chi connectivity index (χ1) is 10.4. The van der Waals surface area contributed by atoms with E-state index in [0.29, 0.717) is 28.0 Å². The molecular formula is C15H12Cl3NO3. The summed E-state index contributed by atoms with van der Waals surface area (Å²) in [6.45, 7) is 0.451. The minimum Gasteiger partial charge on any atom is -0.494 e. The second kappa shape index (κ2) is 7.09. The molecule has 0 heterocycles. The van der Waals surface area contributed by atoms with Gasteiger partial charge in [0.1, 0.15) is 0 Å². The van der Waals surface area contributed by atoms with Crippen LogP contribution in [0.3, 0.4) is 0 Å². The predicted octanol–water partition coefficient (Wildman–Crippen LogP) is 4.97. The third-order valence-corrected chi connectivity index (χ3v) is 3.83. The van der Waals surface area contributed by atoms with E-state index in [1.54, 1.807) is 24.3 Å². The average molecular weight is 361 g/mol. The maximum Gasteiger partial charge on any atom is 0.337 e. The van der Waals surface area contributed by atoms with E-state index < -0.39 is 5.97 Å². The first kappa shape index (κ1) is 16.7. The van der Waals surface area contributed by atoms with Crippen LogP contribution >= 0.6 is 34.8 Å². The molecule has 0 aliphatic rings. The van der Waals surface area contributed by atoms with Gasteiger partial charge >= 0.3 is 5.97 Å². The fourth-order valence-corrected chi connectivity index (χ4v) is 2.86. The van der Waals surface area contributed by atoms with E-state index in [4.69, 9.17) is 44.6 Å². The third-order valence-electron chi connectivity index (χ3n) is 2.96. The number of aromatic carboxylic acids is 1. The lowest BCUT2D eigenvalue weighted by Gasteiger charge is -2.11. The Bertz CT molecular complexity index is 696. The highest BCUT2D eigenvalue weighted by Gasteiger charge is 2.10. The van der Waals surface area contributed by atoms with Crippen molar-refractivity contribution in [3.8, 4) is 5.75 Å². The predicted molar refractivity (Wildman–Crippen MR) is 88.8 cm³/mol. The van der Waals surface area contributed by atoms with E-state index in [1.165, 1.54) is 13.2 Å². The van der Waals surface area contributed by atoms with Gasteiger partial charge in [0.15, 0.2) is 5.75 Å². The van der Waals surface area contributed by atoms with E-state index in [1.807, 2.05) is 0 Å². The van der Waals surface area contributed by atoms with Gasteiger partial charge in [0.05, 0.1) is 27.7 Å². The van der Waals surface area contributed by atoms with Crippen molar-refractivity contribution in [3.63, 3.8) is 0 Å². The highest BCUT2D eigenvalue weighted by atomic mass is 35.5.